The van der Waals surface area contributed by atoms with E-state index < -0.39 is 0 Å². The Kier molecular flexibility index (Phi) is 4.17. The molecule has 3 aromatic rings. The zero-order valence-corrected chi connectivity index (χ0v) is 15.0. The molecule has 1 aliphatic heterocycles. The average molecular weight is 343 g/mol. The highest BCUT2D eigenvalue weighted by Crippen LogP contribution is 2.24. The molecule has 0 bridgehead atoms. The monoisotopic (exact) mass is 343 g/mol. The van der Waals surface area contributed by atoms with Crippen molar-refractivity contribution in [2.45, 2.75) is 20.3 Å². The standard InChI is InChI=1S/C22H21N3O/c1-14-3-4-15(2)16(11-14)5-6-18-12-17(7-9-23-18)21-13-19-20(25-21)8-10-24-22(19)26/h3-7,9,11-13,25H,8,10H2,1-2H3,(H,24,26)/b6-5+. The largest absolute Gasteiger partial charge is 0.358 e. The van der Waals surface area contributed by atoms with Gasteiger partial charge in [-0.25, -0.2) is 0 Å². The average Bonchev–Trinajstić information content (AvgIpc) is 3.09. The summed E-state index contributed by atoms with van der Waals surface area (Å²) in [5.41, 5.74) is 8.31. The van der Waals surface area contributed by atoms with E-state index in [1.54, 1.807) is 6.20 Å². The number of aromatic nitrogens is 2. The molecular weight excluding hydrogens is 322 g/mol. The Morgan fingerprint density at radius 1 is 1.08 bits per heavy atom. The van der Waals surface area contributed by atoms with Crippen LogP contribution < -0.4 is 5.32 Å². The molecule has 0 radical (unpaired) electrons. The summed E-state index contributed by atoms with van der Waals surface area (Å²) in [7, 11) is 0. The van der Waals surface area contributed by atoms with Gasteiger partial charge in [0.1, 0.15) is 0 Å². The van der Waals surface area contributed by atoms with Crippen molar-refractivity contribution in [1.29, 1.82) is 0 Å². The lowest BCUT2D eigenvalue weighted by molar-refractivity contribution is 0.0946. The van der Waals surface area contributed by atoms with Crippen LogP contribution in [0.1, 0.15) is 38.4 Å². The predicted molar refractivity (Wildman–Crippen MR) is 105 cm³/mol. The van der Waals surface area contributed by atoms with Gasteiger partial charge in [-0.1, -0.05) is 29.8 Å². The normalized spacial score (nSPS) is 13.7. The summed E-state index contributed by atoms with van der Waals surface area (Å²) in [4.78, 5) is 19.8. The molecule has 130 valence electrons. The maximum atomic E-state index is 12.0. The molecule has 0 unspecified atom stereocenters. The van der Waals surface area contributed by atoms with Gasteiger partial charge in [-0.2, -0.15) is 0 Å². The summed E-state index contributed by atoms with van der Waals surface area (Å²) < 4.78 is 0. The number of hydrogen-bond donors (Lipinski definition) is 2. The van der Waals surface area contributed by atoms with E-state index in [0.29, 0.717) is 6.54 Å². The SMILES string of the molecule is Cc1ccc(C)c(/C=C/c2cc(-c3cc4c([nH]3)CCNC4=O)ccn2)c1. The summed E-state index contributed by atoms with van der Waals surface area (Å²) in [6.45, 7) is 4.89. The number of rotatable bonds is 3. The molecule has 26 heavy (non-hydrogen) atoms. The molecule has 4 rings (SSSR count). The van der Waals surface area contributed by atoms with Gasteiger partial charge in [-0.3, -0.25) is 9.78 Å². The lowest BCUT2D eigenvalue weighted by Gasteiger charge is -2.10. The van der Waals surface area contributed by atoms with Crippen LogP contribution in [0.3, 0.4) is 0 Å². The first-order valence-electron chi connectivity index (χ1n) is 8.82. The number of carbonyl (C=O) groups excluding carboxylic acids is 1. The molecule has 1 amide bonds. The third-order valence-electron chi connectivity index (χ3n) is 4.77. The number of nitrogens with one attached hydrogen (secondary N) is 2. The number of aromatic amines is 1. The zero-order chi connectivity index (χ0) is 18.1. The highest BCUT2D eigenvalue weighted by atomic mass is 16.1. The van der Waals surface area contributed by atoms with Gasteiger partial charge in [-0.05, 0) is 49.2 Å². The van der Waals surface area contributed by atoms with E-state index in [1.165, 1.54) is 16.7 Å². The van der Waals surface area contributed by atoms with Crippen molar-refractivity contribution in [3.8, 4) is 11.3 Å². The molecule has 2 aromatic heterocycles. The number of pyridine rings is 1. The van der Waals surface area contributed by atoms with Gasteiger partial charge < -0.3 is 10.3 Å². The molecule has 3 heterocycles. The number of amides is 1. The fourth-order valence-corrected chi connectivity index (χ4v) is 3.27. The van der Waals surface area contributed by atoms with Crippen molar-refractivity contribution in [2.75, 3.05) is 6.54 Å². The van der Waals surface area contributed by atoms with Gasteiger partial charge in [0, 0.05) is 36.1 Å². The quantitative estimate of drug-likeness (QED) is 0.750. The molecule has 0 atom stereocenters. The summed E-state index contributed by atoms with van der Waals surface area (Å²) in [5, 5.41) is 2.88. The first-order valence-corrected chi connectivity index (χ1v) is 8.82. The number of nitrogens with zero attached hydrogens (tertiary/aromatic N) is 1. The lowest BCUT2D eigenvalue weighted by Crippen LogP contribution is -2.31. The van der Waals surface area contributed by atoms with Crippen LogP contribution in [-0.2, 0) is 6.42 Å². The Morgan fingerprint density at radius 3 is 2.81 bits per heavy atom. The van der Waals surface area contributed by atoms with Crippen LogP contribution in [0, 0.1) is 13.8 Å². The number of aryl methyl sites for hydroxylation is 2. The number of fused-ring (bicyclic) bond motifs is 1. The van der Waals surface area contributed by atoms with E-state index in [0.717, 1.165) is 34.6 Å². The molecule has 0 saturated heterocycles. The number of H-pyrrole nitrogens is 1. The number of benzene rings is 1. The maximum absolute atomic E-state index is 12.0. The Morgan fingerprint density at radius 2 is 1.96 bits per heavy atom. The van der Waals surface area contributed by atoms with Gasteiger partial charge in [-0.15, -0.1) is 0 Å². The summed E-state index contributed by atoms with van der Waals surface area (Å²) in [5.74, 6) is -0.00199. The number of hydrogen-bond acceptors (Lipinski definition) is 2. The summed E-state index contributed by atoms with van der Waals surface area (Å²) in [6, 6.07) is 12.4. The zero-order valence-electron chi connectivity index (χ0n) is 15.0. The predicted octanol–water partition coefficient (Wildman–Crippen LogP) is 4.15. The first kappa shape index (κ1) is 16.3. The van der Waals surface area contributed by atoms with Gasteiger partial charge in [0.2, 0.25) is 0 Å². The third-order valence-corrected chi connectivity index (χ3v) is 4.77. The topological polar surface area (TPSA) is 57.8 Å². The molecule has 0 fully saturated rings. The number of carbonyl (C=O) groups is 1. The van der Waals surface area contributed by atoms with E-state index in [1.807, 2.05) is 24.3 Å². The van der Waals surface area contributed by atoms with E-state index in [2.05, 4.69) is 53.4 Å². The van der Waals surface area contributed by atoms with Gasteiger partial charge >= 0.3 is 0 Å². The highest BCUT2D eigenvalue weighted by Gasteiger charge is 2.19. The molecular formula is C22H21N3O. The fraction of sp³-hybridized carbons (Fsp3) is 0.182. The molecule has 1 aromatic carbocycles. The Balaban J connectivity index is 1.64. The van der Waals surface area contributed by atoms with Gasteiger partial charge in [0.25, 0.3) is 5.91 Å². The second-order valence-corrected chi connectivity index (χ2v) is 6.74. The second-order valence-electron chi connectivity index (χ2n) is 6.74. The van der Waals surface area contributed by atoms with Crippen molar-refractivity contribution in [3.63, 3.8) is 0 Å². The van der Waals surface area contributed by atoms with E-state index in [4.69, 9.17) is 0 Å². The van der Waals surface area contributed by atoms with Crippen molar-refractivity contribution in [1.82, 2.24) is 15.3 Å². The lowest BCUT2D eigenvalue weighted by atomic mass is 10.0. The van der Waals surface area contributed by atoms with Crippen LogP contribution in [0.5, 0.6) is 0 Å². The van der Waals surface area contributed by atoms with Crippen LogP contribution in [-0.4, -0.2) is 22.4 Å². The smallest absolute Gasteiger partial charge is 0.253 e. The Labute approximate surface area is 153 Å². The van der Waals surface area contributed by atoms with Crippen LogP contribution >= 0.6 is 0 Å². The highest BCUT2D eigenvalue weighted by molar-refractivity contribution is 5.97. The minimum absolute atomic E-state index is 0.00199. The van der Waals surface area contributed by atoms with E-state index >= 15 is 0 Å². The summed E-state index contributed by atoms with van der Waals surface area (Å²) >= 11 is 0. The van der Waals surface area contributed by atoms with Crippen molar-refractivity contribution in [2.24, 2.45) is 0 Å². The second kappa shape index (κ2) is 6.64. The fourth-order valence-electron chi connectivity index (χ4n) is 3.27. The van der Waals surface area contributed by atoms with Crippen LogP contribution in [0.4, 0.5) is 0 Å². The maximum Gasteiger partial charge on any atom is 0.253 e. The van der Waals surface area contributed by atoms with Gasteiger partial charge in [0.15, 0.2) is 0 Å². The van der Waals surface area contributed by atoms with Crippen molar-refractivity contribution < 1.29 is 4.79 Å². The molecule has 4 nitrogen and oxygen atoms in total. The first-order chi connectivity index (χ1) is 12.6. The molecule has 0 spiro atoms. The Bertz CT molecular complexity index is 1010. The molecule has 0 aliphatic carbocycles. The van der Waals surface area contributed by atoms with E-state index in [9.17, 15) is 4.79 Å². The molecule has 0 saturated carbocycles. The Hall–Kier alpha value is -3.14. The van der Waals surface area contributed by atoms with Crippen LogP contribution in [0.25, 0.3) is 23.4 Å². The van der Waals surface area contributed by atoms with Crippen LogP contribution in [0.15, 0.2) is 42.6 Å². The molecule has 2 N–H and O–H groups in total. The van der Waals surface area contributed by atoms with Crippen LogP contribution in [0.2, 0.25) is 0 Å². The van der Waals surface area contributed by atoms with Crippen molar-refractivity contribution >= 4 is 18.1 Å². The van der Waals surface area contributed by atoms with E-state index in [-0.39, 0.29) is 5.91 Å². The van der Waals surface area contributed by atoms with Crippen molar-refractivity contribution in [3.05, 3.63) is 76.2 Å². The minimum Gasteiger partial charge on any atom is -0.358 e. The third kappa shape index (κ3) is 3.18. The minimum atomic E-state index is -0.00199. The van der Waals surface area contributed by atoms with Gasteiger partial charge in [0.05, 0.1) is 11.3 Å². The summed E-state index contributed by atoms with van der Waals surface area (Å²) in [6.07, 6.45) is 6.77. The molecule has 1 aliphatic rings. The molecule has 4 heteroatoms.